The van der Waals surface area contributed by atoms with Crippen LogP contribution in [0.15, 0.2) is 27.8 Å². The maximum atomic E-state index is 4.47. The highest BCUT2D eigenvalue weighted by atomic mass is 79.9. The summed E-state index contributed by atoms with van der Waals surface area (Å²) in [5, 5.41) is 1.93. The number of rotatable bonds is 2. The topological polar surface area (TPSA) is 12.9 Å². The van der Waals surface area contributed by atoms with Gasteiger partial charge in [0.2, 0.25) is 0 Å². The first-order valence-corrected chi connectivity index (χ1v) is 7.20. The van der Waals surface area contributed by atoms with Crippen molar-refractivity contribution in [2.45, 2.75) is 42.9 Å². The molecule has 1 heterocycles. The Morgan fingerprint density at radius 3 is 3.00 bits per heavy atom. The first-order valence-electron chi connectivity index (χ1n) is 5.53. The lowest BCUT2D eigenvalue weighted by Gasteiger charge is -2.25. The predicted molar refractivity (Wildman–Crippen MR) is 69.2 cm³/mol. The molecule has 0 aromatic carbocycles. The summed E-state index contributed by atoms with van der Waals surface area (Å²) in [6.45, 7) is 2.36. The van der Waals surface area contributed by atoms with Crippen LogP contribution in [0.3, 0.4) is 0 Å². The Kier molecular flexibility index (Phi) is 4.09. The van der Waals surface area contributed by atoms with Gasteiger partial charge in [0.15, 0.2) is 0 Å². The van der Waals surface area contributed by atoms with E-state index in [9.17, 15) is 0 Å². The molecule has 15 heavy (non-hydrogen) atoms. The molecule has 82 valence electrons. The molecule has 1 aromatic rings. The third-order valence-corrected chi connectivity index (χ3v) is 4.54. The van der Waals surface area contributed by atoms with E-state index in [1.54, 1.807) is 0 Å². The smallest absolute Gasteiger partial charge is 0.107 e. The van der Waals surface area contributed by atoms with Gasteiger partial charge in [0.25, 0.3) is 0 Å². The molecule has 0 bridgehead atoms. The second kappa shape index (κ2) is 5.35. The average Bonchev–Trinajstić information content (AvgIpc) is 2.17. The molecule has 1 saturated carbocycles. The van der Waals surface area contributed by atoms with Crippen molar-refractivity contribution in [2.75, 3.05) is 0 Å². The number of aromatic nitrogens is 1. The first-order chi connectivity index (χ1) is 7.24. The third-order valence-electron chi connectivity index (χ3n) is 2.87. The molecule has 0 amide bonds. The van der Waals surface area contributed by atoms with Crippen LogP contribution in [0, 0.1) is 5.92 Å². The zero-order chi connectivity index (χ0) is 10.7. The van der Waals surface area contributed by atoms with E-state index >= 15 is 0 Å². The molecule has 1 nitrogen and oxygen atoms in total. The van der Waals surface area contributed by atoms with Crippen LogP contribution >= 0.6 is 27.7 Å². The quantitative estimate of drug-likeness (QED) is 0.742. The fourth-order valence-electron chi connectivity index (χ4n) is 2.11. The van der Waals surface area contributed by atoms with Crippen molar-refractivity contribution in [3.63, 3.8) is 0 Å². The minimum Gasteiger partial charge on any atom is -0.235 e. The molecule has 0 saturated heterocycles. The van der Waals surface area contributed by atoms with E-state index in [4.69, 9.17) is 0 Å². The van der Waals surface area contributed by atoms with Gasteiger partial charge in [-0.3, -0.25) is 0 Å². The zero-order valence-corrected chi connectivity index (χ0v) is 11.4. The Hall–Kier alpha value is -0.0200. The highest BCUT2D eigenvalue weighted by Crippen LogP contribution is 2.35. The molecule has 0 radical (unpaired) electrons. The Balaban J connectivity index is 1.96. The number of halogens is 1. The van der Waals surface area contributed by atoms with Crippen LogP contribution in [0.5, 0.6) is 0 Å². The largest absolute Gasteiger partial charge is 0.235 e. The van der Waals surface area contributed by atoms with E-state index in [0.29, 0.717) is 0 Å². The van der Waals surface area contributed by atoms with Crippen molar-refractivity contribution in [3.8, 4) is 0 Å². The van der Waals surface area contributed by atoms with Gasteiger partial charge in [-0.05, 0) is 46.8 Å². The van der Waals surface area contributed by atoms with E-state index in [1.807, 2.05) is 17.8 Å². The molecule has 1 aliphatic rings. The van der Waals surface area contributed by atoms with Gasteiger partial charge in [-0.25, -0.2) is 4.98 Å². The van der Waals surface area contributed by atoms with Crippen LogP contribution in [0.4, 0.5) is 0 Å². The van der Waals surface area contributed by atoms with E-state index in [-0.39, 0.29) is 0 Å². The number of hydrogen-bond donors (Lipinski definition) is 0. The summed E-state index contributed by atoms with van der Waals surface area (Å²) < 4.78 is 0.941. The minimum atomic E-state index is 0.774. The molecule has 1 aliphatic carbocycles. The summed E-state index contributed by atoms with van der Waals surface area (Å²) in [6.07, 6.45) is 5.48. The molecule has 1 aromatic heterocycles. The van der Waals surface area contributed by atoms with Crippen molar-refractivity contribution < 1.29 is 0 Å². The van der Waals surface area contributed by atoms with E-state index in [2.05, 4.69) is 40.0 Å². The Bertz CT molecular complexity index is 329. The van der Waals surface area contributed by atoms with Crippen LogP contribution in [-0.4, -0.2) is 10.2 Å². The van der Waals surface area contributed by atoms with Crippen molar-refractivity contribution in [1.82, 2.24) is 4.98 Å². The first kappa shape index (κ1) is 11.5. The molecular formula is C12H16BrNS. The maximum absolute atomic E-state index is 4.47. The lowest BCUT2D eigenvalue weighted by molar-refractivity contribution is 0.394. The monoisotopic (exact) mass is 285 g/mol. The summed E-state index contributed by atoms with van der Waals surface area (Å²) in [5.41, 5.74) is 0. The van der Waals surface area contributed by atoms with Crippen LogP contribution in [0.1, 0.15) is 32.6 Å². The lowest BCUT2D eigenvalue weighted by Crippen LogP contribution is -2.15. The molecule has 2 atom stereocenters. The summed E-state index contributed by atoms with van der Waals surface area (Å²) in [6, 6.07) is 6.15. The fraction of sp³-hybridized carbons (Fsp3) is 0.583. The average molecular weight is 286 g/mol. The van der Waals surface area contributed by atoms with Crippen LogP contribution in [-0.2, 0) is 0 Å². The van der Waals surface area contributed by atoms with Crippen molar-refractivity contribution in [2.24, 2.45) is 5.92 Å². The third kappa shape index (κ3) is 3.49. The Morgan fingerprint density at radius 2 is 2.27 bits per heavy atom. The number of pyridine rings is 1. The lowest BCUT2D eigenvalue weighted by atomic mass is 9.91. The number of nitrogens with zero attached hydrogens (tertiary/aromatic N) is 1. The molecule has 1 fully saturated rings. The van der Waals surface area contributed by atoms with Crippen molar-refractivity contribution in [3.05, 3.63) is 22.8 Å². The van der Waals surface area contributed by atoms with Gasteiger partial charge >= 0.3 is 0 Å². The minimum absolute atomic E-state index is 0.774. The molecule has 0 spiro atoms. The zero-order valence-electron chi connectivity index (χ0n) is 8.95. The van der Waals surface area contributed by atoms with Gasteiger partial charge in [0.05, 0.1) is 5.03 Å². The summed E-state index contributed by atoms with van der Waals surface area (Å²) >= 11 is 5.36. The van der Waals surface area contributed by atoms with Gasteiger partial charge < -0.3 is 0 Å². The molecule has 0 aliphatic heterocycles. The molecule has 0 N–H and O–H groups in total. The number of hydrogen-bond acceptors (Lipinski definition) is 2. The summed E-state index contributed by atoms with van der Waals surface area (Å²) in [4.78, 5) is 4.47. The maximum Gasteiger partial charge on any atom is 0.107 e. The van der Waals surface area contributed by atoms with Gasteiger partial charge in [0, 0.05) is 5.25 Å². The fourth-order valence-corrected chi connectivity index (χ4v) is 3.93. The van der Waals surface area contributed by atoms with E-state index in [0.717, 1.165) is 20.8 Å². The van der Waals surface area contributed by atoms with Gasteiger partial charge in [-0.1, -0.05) is 25.8 Å². The Morgan fingerprint density at radius 1 is 1.40 bits per heavy atom. The van der Waals surface area contributed by atoms with E-state index in [1.165, 1.54) is 25.7 Å². The van der Waals surface area contributed by atoms with Crippen molar-refractivity contribution >= 4 is 27.7 Å². The second-order valence-corrected chi connectivity index (χ2v) is 6.44. The summed E-state index contributed by atoms with van der Waals surface area (Å²) in [7, 11) is 0. The predicted octanol–water partition coefficient (Wildman–Crippen LogP) is 4.51. The SMILES string of the molecule is CC1CCCC(Sc2cccc(Br)n2)C1. The molecule has 2 unspecified atom stereocenters. The van der Waals surface area contributed by atoms with Crippen molar-refractivity contribution in [1.29, 1.82) is 0 Å². The summed E-state index contributed by atoms with van der Waals surface area (Å²) in [5.74, 6) is 0.892. The highest BCUT2D eigenvalue weighted by Gasteiger charge is 2.19. The van der Waals surface area contributed by atoms with Crippen LogP contribution in [0.2, 0.25) is 0 Å². The van der Waals surface area contributed by atoms with Gasteiger partial charge in [-0.2, -0.15) is 0 Å². The van der Waals surface area contributed by atoms with Gasteiger partial charge in [0.1, 0.15) is 4.60 Å². The Labute approximate surface area is 104 Å². The van der Waals surface area contributed by atoms with Gasteiger partial charge in [-0.15, -0.1) is 11.8 Å². The van der Waals surface area contributed by atoms with E-state index < -0.39 is 0 Å². The molecular weight excluding hydrogens is 270 g/mol. The normalized spacial score (nSPS) is 26.5. The number of thioether (sulfide) groups is 1. The highest BCUT2D eigenvalue weighted by molar-refractivity contribution is 9.10. The molecule has 2 rings (SSSR count). The second-order valence-electron chi connectivity index (χ2n) is 4.31. The molecule has 3 heteroatoms. The van der Waals surface area contributed by atoms with Crippen LogP contribution in [0.25, 0.3) is 0 Å². The van der Waals surface area contributed by atoms with Crippen LogP contribution < -0.4 is 0 Å². The standard InChI is InChI=1S/C12H16BrNS/c1-9-4-2-5-10(8-9)15-12-7-3-6-11(13)14-12/h3,6-7,9-10H,2,4-5,8H2,1H3.